The Morgan fingerprint density at radius 1 is 1.50 bits per heavy atom. The number of rotatable bonds is 2. The van der Waals surface area contributed by atoms with Gasteiger partial charge < -0.3 is 10.1 Å². The Bertz CT molecular complexity index is 503. The molecule has 3 heterocycles. The fourth-order valence-electron chi connectivity index (χ4n) is 2.03. The summed E-state index contributed by atoms with van der Waals surface area (Å²) in [4.78, 5) is 8.41. The highest BCUT2D eigenvalue weighted by Gasteiger charge is 2.21. The zero-order valence-electron chi connectivity index (χ0n) is 9.05. The van der Waals surface area contributed by atoms with Crippen LogP contribution in [0.2, 0.25) is 0 Å². The summed E-state index contributed by atoms with van der Waals surface area (Å²) in [5.41, 5.74) is 0.825. The monoisotopic (exact) mass is 219 g/mol. The van der Waals surface area contributed by atoms with Crippen LogP contribution in [0.4, 0.5) is 5.82 Å². The summed E-state index contributed by atoms with van der Waals surface area (Å²) in [7, 11) is 1.84. The van der Waals surface area contributed by atoms with Gasteiger partial charge in [-0.15, -0.1) is 0 Å². The first-order valence-electron chi connectivity index (χ1n) is 5.37. The Balaban J connectivity index is 2.12. The van der Waals surface area contributed by atoms with Gasteiger partial charge in [-0.25, -0.2) is 14.6 Å². The minimum Gasteiger partial charge on any atom is -0.372 e. The van der Waals surface area contributed by atoms with Gasteiger partial charge in [-0.05, 0) is 12.8 Å². The summed E-state index contributed by atoms with van der Waals surface area (Å²) >= 11 is 0. The minimum absolute atomic E-state index is 0.0251. The number of ether oxygens (including phenoxy) is 1. The van der Waals surface area contributed by atoms with Crippen LogP contribution >= 0.6 is 0 Å². The molecule has 1 aliphatic heterocycles. The van der Waals surface area contributed by atoms with E-state index in [4.69, 9.17) is 4.74 Å². The predicted octanol–water partition coefficient (Wildman–Crippen LogP) is 1.18. The van der Waals surface area contributed by atoms with E-state index in [9.17, 15) is 0 Å². The molecular formula is C10H13N5O. The van der Waals surface area contributed by atoms with Gasteiger partial charge in [-0.2, -0.15) is 5.10 Å². The molecule has 0 amide bonds. The van der Waals surface area contributed by atoms with E-state index in [0.29, 0.717) is 0 Å². The summed E-state index contributed by atoms with van der Waals surface area (Å²) in [6.07, 6.45) is 5.42. The van der Waals surface area contributed by atoms with Crippen LogP contribution in [0.5, 0.6) is 0 Å². The third-order valence-corrected chi connectivity index (χ3v) is 2.81. The van der Waals surface area contributed by atoms with E-state index in [2.05, 4.69) is 20.4 Å². The molecule has 2 aromatic rings. The zero-order valence-corrected chi connectivity index (χ0v) is 9.05. The van der Waals surface area contributed by atoms with E-state index in [0.717, 1.165) is 36.3 Å². The number of nitrogens with zero attached hydrogens (tertiary/aromatic N) is 4. The summed E-state index contributed by atoms with van der Waals surface area (Å²) in [5, 5.41) is 8.29. The molecule has 1 N–H and O–H groups in total. The number of anilines is 1. The number of nitrogens with one attached hydrogen (secondary N) is 1. The van der Waals surface area contributed by atoms with E-state index in [1.807, 2.05) is 11.7 Å². The van der Waals surface area contributed by atoms with E-state index >= 15 is 0 Å². The fourth-order valence-corrected chi connectivity index (χ4v) is 2.03. The summed E-state index contributed by atoms with van der Waals surface area (Å²) < 4.78 is 7.44. The Morgan fingerprint density at radius 2 is 2.44 bits per heavy atom. The van der Waals surface area contributed by atoms with Gasteiger partial charge >= 0.3 is 0 Å². The Hall–Kier alpha value is -1.69. The summed E-state index contributed by atoms with van der Waals surface area (Å²) in [6.45, 7) is 0.802. The molecule has 0 aromatic carbocycles. The molecule has 3 rings (SSSR count). The molecule has 1 saturated heterocycles. The first kappa shape index (κ1) is 9.53. The molecule has 84 valence electrons. The zero-order chi connectivity index (χ0) is 11.0. The van der Waals surface area contributed by atoms with Crippen molar-refractivity contribution in [3.63, 3.8) is 0 Å². The average molecular weight is 219 g/mol. The number of aromatic nitrogens is 4. The highest BCUT2D eigenvalue weighted by molar-refractivity contribution is 5.85. The molecule has 6 nitrogen and oxygen atoms in total. The molecule has 6 heteroatoms. The van der Waals surface area contributed by atoms with Crippen LogP contribution in [0.1, 0.15) is 19.1 Å². The molecule has 0 spiro atoms. The molecule has 0 unspecified atom stereocenters. The largest absolute Gasteiger partial charge is 0.372 e. The van der Waals surface area contributed by atoms with Crippen molar-refractivity contribution in [3.8, 4) is 0 Å². The van der Waals surface area contributed by atoms with E-state index < -0.39 is 0 Å². The topological polar surface area (TPSA) is 64.9 Å². The molecule has 2 aromatic heterocycles. The second-order valence-electron chi connectivity index (χ2n) is 3.77. The van der Waals surface area contributed by atoms with Gasteiger partial charge in [0.25, 0.3) is 0 Å². The minimum atomic E-state index is 0.0251. The van der Waals surface area contributed by atoms with Gasteiger partial charge in [0.2, 0.25) is 0 Å². The second-order valence-corrected chi connectivity index (χ2v) is 3.77. The van der Waals surface area contributed by atoms with Gasteiger partial charge in [0.05, 0.1) is 11.6 Å². The standard InChI is InChI=1S/C10H13N5O/c1-11-9-7-5-14-15(8-3-2-4-16-8)10(7)13-6-12-9/h5-6,8H,2-4H2,1H3,(H,11,12,13)/t8-/m0/s1. The fraction of sp³-hybridized carbons (Fsp3) is 0.500. The van der Waals surface area contributed by atoms with Crippen molar-refractivity contribution in [1.29, 1.82) is 0 Å². The van der Waals surface area contributed by atoms with E-state index in [1.165, 1.54) is 0 Å². The molecule has 1 fully saturated rings. The normalized spacial score (nSPS) is 20.4. The molecule has 0 radical (unpaired) electrons. The lowest BCUT2D eigenvalue weighted by atomic mass is 10.3. The second kappa shape index (κ2) is 3.71. The van der Waals surface area contributed by atoms with E-state index in [1.54, 1.807) is 12.5 Å². The van der Waals surface area contributed by atoms with Crippen molar-refractivity contribution < 1.29 is 4.74 Å². The lowest BCUT2D eigenvalue weighted by molar-refractivity contribution is 0.0499. The Morgan fingerprint density at radius 3 is 3.19 bits per heavy atom. The molecule has 1 aliphatic rings. The van der Waals surface area contributed by atoms with Crippen LogP contribution in [0.25, 0.3) is 11.0 Å². The molecule has 0 saturated carbocycles. The highest BCUT2D eigenvalue weighted by Crippen LogP contribution is 2.27. The van der Waals surface area contributed by atoms with Crippen molar-refractivity contribution in [2.45, 2.75) is 19.1 Å². The third kappa shape index (κ3) is 1.34. The number of hydrogen-bond donors (Lipinski definition) is 1. The predicted molar refractivity (Wildman–Crippen MR) is 59.1 cm³/mol. The van der Waals surface area contributed by atoms with Crippen LogP contribution in [-0.4, -0.2) is 33.4 Å². The van der Waals surface area contributed by atoms with Crippen molar-refractivity contribution in [1.82, 2.24) is 19.7 Å². The maximum Gasteiger partial charge on any atom is 0.165 e. The Kier molecular flexibility index (Phi) is 2.21. The molecular weight excluding hydrogens is 206 g/mol. The lowest BCUT2D eigenvalue weighted by Crippen LogP contribution is -2.09. The first-order chi connectivity index (χ1) is 7.90. The van der Waals surface area contributed by atoms with Gasteiger partial charge in [0.15, 0.2) is 11.9 Å². The van der Waals surface area contributed by atoms with Crippen molar-refractivity contribution >= 4 is 16.9 Å². The van der Waals surface area contributed by atoms with Crippen LogP contribution in [0.3, 0.4) is 0 Å². The maximum atomic E-state index is 5.60. The number of fused-ring (bicyclic) bond motifs is 1. The van der Waals surface area contributed by atoms with Gasteiger partial charge in [-0.3, -0.25) is 0 Å². The molecule has 0 bridgehead atoms. The van der Waals surface area contributed by atoms with Gasteiger partial charge in [-0.1, -0.05) is 0 Å². The quantitative estimate of drug-likeness (QED) is 0.821. The Labute approximate surface area is 92.6 Å². The smallest absolute Gasteiger partial charge is 0.165 e. The van der Waals surface area contributed by atoms with Crippen LogP contribution in [-0.2, 0) is 4.74 Å². The SMILES string of the molecule is CNc1ncnc2c1cnn2[C@@H]1CCCO1. The van der Waals surface area contributed by atoms with Gasteiger partial charge in [0.1, 0.15) is 12.1 Å². The van der Waals surface area contributed by atoms with Crippen molar-refractivity contribution in [2.75, 3.05) is 19.0 Å². The third-order valence-electron chi connectivity index (χ3n) is 2.81. The molecule has 16 heavy (non-hydrogen) atoms. The van der Waals surface area contributed by atoms with Crippen LogP contribution in [0, 0.1) is 0 Å². The average Bonchev–Trinajstić information content (AvgIpc) is 2.96. The lowest BCUT2D eigenvalue weighted by Gasteiger charge is -2.10. The summed E-state index contributed by atoms with van der Waals surface area (Å²) in [6, 6.07) is 0. The summed E-state index contributed by atoms with van der Waals surface area (Å²) in [5.74, 6) is 0.800. The molecule has 1 atom stereocenters. The number of hydrogen-bond acceptors (Lipinski definition) is 5. The van der Waals surface area contributed by atoms with Crippen LogP contribution < -0.4 is 5.32 Å². The maximum absolute atomic E-state index is 5.60. The molecule has 0 aliphatic carbocycles. The van der Waals surface area contributed by atoms with E-state index in [-0.39, 0.29) is 6.23 Å². The van der Waals surface area contributed by atoms with Crippen molar-refractivity contribution in [3.05, 3.63) is 12.5 Å². The van der Waals surface area contributed by atoms with Crippen LogP contribution in [0.15, 0.2) is 12.5 Å². The van der Waals surface area contributed by atoms with Crippen molar-refractivity contribution in [2.24, 2.45) is 0 Å². The van der Waals surface area contributed by atoms with Gasteiger partial charge in [0, 0.05) is 13.7 Å². The first-order valence-corrected chi connectivity index (χ1v) is 5.37. The highest BCUT2D eigenvalue weighted by atomic mass is 16.5.